The number of carbonyl (C=O) groups is 1. The first-order valence-electron chi connectivity index (χ1n) is 14.6. The molecular formula is C31H40ClN3O4S2. The number of nitrogens with one attached hydrogen (secondary N) is 1. The Morgan fingerprint density at radius 2 is 1.83 bits per heavy atom. The van der Waals surface area contributed by atoms with Gasteiger partial charge < -0.3 is 24.1 Å². The van der Waals surface area contributed by atoms with Crippen LogP contribution in [-0.2, 0) is 11.2 Å². The summed E-state index contributed by atoms with van der Waals surface area (Å²) in [7, 11) is 3.29. The van der Waals surface area contributed by atoms with Crippen molar-refractivity contribution in [3.05, 3.63) is 40.5 Å². The van der Waals surface area contributed by atoms with Gasteiger partial charge in [0.2, 0.25) is 0 Å². The number of piperazine rings is 1. The molecule has 1 amide bonds. The van der Waals surface area contributed by atoms with Gasteiger partial charge in [-0.15, -0.1) is 12.4 Å². The van der Waals surface area contributed by atoms with Gasteiger partial charge in [-0.05, 0) is 80.7 Å². The summed E-state index contributed by atoms with van der Waals surface area (Å²) in [6, 6.07) is 8.13. The number of carbonyl (C=O) groups excluding carboxylic acids is 1. The fourth-order valence-corrected chi connectivity index (χ4v) is 8.19. The molecular weight excluding hydrogens is 578 g/mol. The van der Waals surface area contributed by atoms with Gasteiger partial charge in [0, 0.05) is 49.9 Å². The minimum Gasteiger partial charge on any atom is -0.497 e. The van der Waals surface area contributed by atoms with Crippen molar-refractivity contribution >= 4 is 52.7 Å². The van der Waals surface area contributed by atoms with Crippen LogP contribution in [0.1, 0.15) is 49.8 Å². The quantitative estimate of drug-likeness (QED) is 0.198. The van der Waals surface area contributed by atoms with E-state index in [1.807, 2.05) is 29.2 Å². The van der Waals surface area contributed by atoms with E-state index in [4.69, 9.17) is 26.1 Å². The zero-order valence-corrected chi connectivity index (χ0v) is 26.3. The third kappa shape index (κ3) is 6.64. The van der Waals surface area contributed by atoms with E-state index in [1.165, 1.54) is 31.0 Å². The number of benzene rings is 1. The van der Waals surface area contributed by atoms with Crippen molar-refractivity contribution in [3.63, 3.8) is 0 Å². The van der Waals surface area contributed by atoms with E-state index in [9.17, 15) is 4.79 Å². The van der Waals surface area contributed by atoms with Gasteiger partial charge >= 0.3 is 0 Å². The lowest BCUT2D eigenvalue weighted by atomic mass is 9.94. The summed E-state index contributed by atoms with van der Waals surface area (Å²) < 4.78 is 18.2. The van der Waals surface area contributed by atoms with E-state index >= 15 is 0 Å². The highest BCUT2D eigenvalue weighted by molar-refractivity contribution is 8.26. The number of fused-ring (bicyclic) bond motifs is 2. The van der Waals surface area contributed by atoms with Crippen molar-refractivity contribution < 1.29 is 18.7 Å². The summed E-state index contributed by atoms with van der Waals surface area (Å²) in [5, 5.41) is 3.42. The van der Waals surface area contributed by atoms with Crippen LogP contribution in [-0.4, -0.2) is 73.0 Å². The Balaban J connectivity index is 0.00000337. The Bertz CT molecular complexity index is 1270. The molecule has 2 aromatic rings. The predicted octanol–water partition coefficient (Wildman–Crippen LogP) is 6.00. The summed E-state index contributed by atoms with van der Waals surface area (Å²) in [5.74, 6) is 4.28. The first kappa shape index (κ1) is 30.4. The smallest absolute Gasteiger partial charge is 0.266 e. The molecule has 6 rings (SSSR count). The number of methoxy groups -OCH3 is 2. The number of aryl methyl sites for hydroxylation is 1. The van der Waals surface area contributed by atoms with Gasteiger partial charge in [0.15, 0.2) is 0 Å². The van der Waals surface area contributed by atoms with Gasteiger partial charge in [-0.3, -0.25) is 9.69 Å². The van der Waals surface area contributed by atoms with E-state index < -0.39 is 0 Å². The van der Waals surface area contributed by atoms with Crippen LogP contribution in [0.3, 0.4) is 0 Å². The monoisotopic (exact) mass is 617 g/mol. The summed E-state index contributed by atoms with van der Waals surface area (Å²) in [6.45, 7) is 5.47. The number of ether oxygens (including phenoxy) is 2. The first-order chi connectivity index (χ1) is 19.5. The number of rotatable bonds is 10. The lowest BCUT2D eigenvalue weighted by Gasteiger charge is -2.30. The highest BCUT2D eigenvalue weighted by Crippen LogP contribution is 2.49. The van der Waals surface area contributed by atoms with Crippen LogP contribution in [0.15, 0.2) is 33.6 Å². The number of hydrogen-bond acceptors (Lipinski definition) is 8. The number of unbranched alkanes of at least 4 members (excludes halogenated alkanes) is 1. The second kappa shape index (κ2) is 13.5. The average molecular weight is 618 g/mol. The number of hydrogen-bond donors (Lipinski definition) is 1. The molecule has 3 atom stereocenters. The molecule has 3 heterocycles. The van der Waals surface area contributed by atoms with Gasteiger partial charge in [-0.2, -0.15) is 0 Å². The van der Waals surface area contributed by atoms with Crippen molar-refractivity contribution in [2.75, 3.05) is 46.9 Å². The van der Waals surface area contributed by atoms with Gasteiger partial charge in [0.05, 0.1) is 19.1 Å². The molecule has 1 aromatic carbocycles. The molecule has 10 heteroatoms. The molecule has 1 aromatic heterocycles. The van der Waals surface area contributed by atoms with Crippen LogP contribution in [0.4, 0.5) is 0 Å². The topological polar surface area (TPSA) is 67.2 Å². The number of nitrogens with zero attached hydrogens (tertiary/aromatic N) is 2. The minimum absolute atomic E-state index is 0. The molecule has 4 fully saturated rings. The van der Waals surface area contributed by atoms with Crippen LogP contribution < -0.4 is 14.8 Å². The molecule has 3 unspecified atom stereocenters. The van der Waals surface area contributed by atoms with E-state index in [0.29, 0.717) is 26.6 Å². The second-order valence-electron chi connectivity index (χ2n) is 11.4. The van der Waals surface area contributed by atoms with Crippen LogP contribution in [0.2, 0.25) is 0 Å². The van der Waals surface area contributed by atoms with Crippen molar-refractivity contribution in [1.29, 1.82) is 0 Å². The number of halogens is 1. The summed E-state index contributed by atoms with van der Waals surface area (Å²) >= 11 is 7.16. The lowest BCUT2D eigenvalue weighted by Crippen LogP contribution is -2.43. The van der Waals surface area contributed by atoms with Crippen molar-refractivity contribution in [1.82, 2.24) is 15.1 Å². The molecule has 2 aliphatic heterocycles. The standard InChI is InChI=1S/C31H39N3O4S2.ClH/c1-36-24-15-23(16-25(18-24)37-2)27-17-22(5-3-4-10-33-11-8-32-9-12-33)28(38-27)19-29-30(35)34(31(39)40-29)26-14-20-6-7-21(26)13-20;/h15-21,26,32H,3-14H2,1-2H3;1H/b29-19-;. The fourth-order valence-electron chi connectivity index (χ4n) is 6.85. The maximum absolute atomic E-state index is 13.6. The third-order valence-electron chi connectivity index (χ3n) is 8.98. The average Bonchev–Trinajstić information content (AvgIpc) is 3.76. The maximum Gasteiger partial charge on any atom is 0.266 e. The zero-order chi connectivity index (χ0) is 27.6. The third-order valence-corrected chi connectivity index (χ3v) is 10.3. The molecule has 2 bridgehead atoms. The van der Waals surface area contributed by atoms with E-state index in [-0.39, 0.29) is 24.4 Å². The Morgan fingerprint density at radius 3 is 2.49 bits per heavy atom. The van der Waals surface area contributed by atoms with Crippen molar-refractivity contribution in [2.45, 2.75) is 51.0 Å². The largest absolute Gasteiger partial charge is 0.497 e. The number of thioether (sulfide) groups is 1. The number of amides is 1. The van der Waals surface area contributed by atoms with E-state index in [0.717, 1.165) is 87.0 Å². The van der Waals surface area contributed by atoms with E-state index in [2.05, 4.69) is 16.3 Å². The Hall–Kier alpha value is -2.04. The molecule has 2 aliphatic carbocycles. The lowest BCUT2D eigenvalue weighted by molar-refractivity contribution is -0.124. The summed E-state index contributed by atoms with van der Waals surface area (Å²) in [4.78, 5) is 18.7. The van der Waals surface area contributed by atoms with Gasteiger partial charge in [0.1, 0.15) is 27.3 Å². The SMILES string of the molecule is COc1cc(OC)cc(-c2cc(CCCCN3CCNCC3)c(/C=C3\SC(=S)N(C4CC5CCC4C5)C3=O)o2)c1.Cl. The first-order valence-corrected chi connectivity index (χ1v) is 15.8. The van der Waals surface area contributed by atoms with Gasteiger partial charge in [-0.1, -0.05) is 30.4 Å². The summed E-state index contributed by atoms with van der Waals surface area (Å²) in [6.07, 6.45) is 9.84. The molecule has 7 nitrogen and oxygen atoms in total. The fraction of sp³-hybridized carbons (Fsp3) is 0.548. The minimum atomic E-state index is 0. The Kier molecular flexibility index (Phi) is 10.0. The molecule has 1 N–H and O–H groups in total. The zero-order valence-electron chi connectivity index (χ0n) is 23.9. The summed E-state index contributed by atoms with van der Waals surface area (Å²) in [5.41, 5.74) is 2.00. The second-order valence-corrected chi connectivity index (χ2v) is 13.1. The van der Waals surface area contributed by atoms with Crippen LogP contribution in [0, 0.1) is 11.8 Å². The molecule has 0 spiro atoms. The van der Waals surface area contributed by atoms with Crippen molar-refractivity contribution in [3.8, 4) is 22.8 Å². The number of thiocarbonyl (C=S) groups is 1. The van der Waals surface area contributed by atoms with Gasteiger partial charge in [0.25, 0.3) is 5.91 Å². The molecule has 0 radical (unpaired) electrons. The van der Waals surface area contributed by atoms with Gasteiger partial charge in [-0.25, -0.2) is 0 Å². The highest BCUT2D eigenvalue weighted by atomic mass is 35.5. The highest BCUT2D eigenvalue weighted by Gasteiger charge is 2.48. The van der Waals surface area contributed by atoms with Crippen LogP contribution >= 0.6 is 36.4 Å². The Morgan fingerprint density at radius 1 is 1.07 bits per heavy atom. The molecule has 222 valence electrons. The van der Waals surface area contributed by atoms with Crippen molar-refractivity contribution in [2.24, 2.45) is 11.8 Å². The molecule has 4 aliphatic rings. The van der Waals surface area contributed by atoms with Crippen LogP contribution in [0.5, 0.6) is 11.5 Å². The van der Waals surface area contributed by atoms with E-state index in [1.54, 1.807) is 14.2 Å². The normalized spacial score (nSPS) is 25.3. The molecule has 41 heavy (non-hydrogen) atoms. The maximum atomic E-state index is 13.6. The molecule has 2 saturated heterocycles. The Labute approximate surface area is 258 Å². The number of furan rings is 1. The predicted molar refractivity (Wildman–Crippen MR) is 171 cm³/mol. The molecule has 2 saturated carbocycles. The van der Waals surface area contributed by atoms with Crippen LogP contribution in [0.25, 0.3) is 17.4 Å².